The van der Waals surface area contributed by atoms with E-state index >= 15 is 0 Å². The minimum Gasteiger partial charge on any atom is -0.324 e. The highest BCUT2D eigenvalue weighted by Gasteiger charge is 2.05. The lowest BCUT2D eigenvalue weighted by Gasteiger charge is -2.00. The largest absolute Gasteiger partial charge is 0.324 e. The first-order valence-electron chi connectivity index (χ1n) is 4.03. The van der Waals surface area contributed by atoms with E-state index in [-0.39, 0.29) is 0 Å². The topological polar surface area (TPSA) is 69.6 Å². The van der Waals surface area contributed by atoms with Crippen molar-refractivity contribution in [2.75, 3.05) is 0 Å². The van der Waals surface area contributed by atoms with Crippen LogP contribution in [0.1, 0.15) is 5.82 Å². The number of nitrogens with two attached hydrogens (primary N) is 1. The fourth-order valence-electron chi connectivity index (χ4n) is 1.04. The fraction of sp³-hybridized carbons (Fsp3) is 0.125. The van der Waals surface area contributed by atoms with Gasteiger partial charge < -0.3 is 5.73 Å². The number of hydrogen-bond donors (Lipinski definition) is 1. The van der Waals surface area contributed by atoms with Crippen LogP contribution in [0, 0.1) is 0 Å². The van der Waals surface area contributed by atoms with Gasteiger partial charge in [-0.05, 0) is 28.1 Å². The molecule has 2 rings (SSSR count). The van der Waals surface area contributed by atoms with Crippen molar-refractivity contribution < 1.29 is 0 Å². The minimum absolute atomic E-state index is 0.331. The van der Waals surface area contributed by atoms with Crippen LogP contribution >= 0.6 is 15.9 Å². The maximum Gasteiger partial charge on any atom is 0.169 e. The quantitative estimate of drug-likeness (QED) is 0.863. The Kier molecular flexibility index (Phi) is 2.55. The molecule has 2 aromatic rings. The van der Waals surface area contributed by atoms with Gasteiger partial charge in [0, 0.05) is 6.20 Å². The van der Waals surface area contributed by atoms with Crippen LogP contribution in [0.15, 0.2) is 29.1 Å². The molecule has 2 aromatic heterocycles. The monoisotopic (exact) mass is 253 g/mol. The molecule has 0 aromatic carbocycles. The van der Waals surface area contributed by atoms with E-state index in [1.54, 1.807) is 17.2 Å². The molecule has 0 aliphatic rings. The SMILES string of the molecule is NCc1ncn(-c2ncccc2Br)n1. The number of hydrogen-bond acceptors (Lipinski definition) is 4. The molecule has 6 heteroatoms. The van der Waals surface area contributed by atoms with Crippen molar-refractivity contribution in [3.63, 3.8) is 0 Å². The van der Waals surface area contributed by atoms with Crippen molar-refractivity contribution in [3.8, 4) is 5.82 Å². The average molecular weight is 254 g/mol. The van der Waals surface area contributed by atoms with Crippen LogP contribution in [0.4, 0.5) is 0 Å². The number of halogens is 1. The number of nitrogens with zero attached hydrogens (tertiary/aromatic N) is 4. The zero-order valence-electron chi connectivity index (χ0n) is 7.26. The van der Waals surface area contributed by atoms with Gasteiger partial charge in [-0.15, -0.1) is 5.10 Å². The minimum atomic E-state index is 0.331. The normalized spacial score (nSPS) is 10.4. The summed E-state index contributed by atoms with van der Waals surface area (Å²) in [6.07, 6.45) is 3.29. The van der Waals surface area contributed by atoms with Crippen LogP contribution in [-0.2, 0) is 6.54 Å². The fourth-order valence-corrected chi connectivity index (χ4v) is 1.48. The van der Waals surface area contributed by atoms with Crippen LogP contribution in [0.2, 0.25) is 0 Å². The molecule has 0 atom stereocenters. The van der Waals surface area contributed by atoms with Gasteiger partial charge in [0.05, 0.1) is 11.0 Å². The van der Waals surface area contributed by atoms with Crippen LogP contribution in [0.5, 0.6) is 0 Å². The summed E-state index contributed by atoms with van der Waals surface area (Å²) in [5, 5.41) is 4.15. The van der Waals surface area contributed by atoms with Crippen molar-refractivity contribution in [2.24, 2.45) is 5.73 Å². The highest BCUT2D eigenvalue weighted by atomic mass is 79.9. The molecule has 2 N–H and O–H groups in total. The van der Waals surface area contributed by atoms with Crippen LogP contribution in [-0.4, -0.2) is 19.7 Å². The van der Waals surface area contributed by atoms with Gasteiger partial charge in [0.2, 0.25) is 0 Å². The average Bonchev–Trinajstić information content (AvgIpc) is 2.67. The summed E-state index contributed by atoms with van der Waals surface area (Å²) in [4.78, 5) is 8.19. The third kappa shape index (κ3) is 1.66. The molecule has 0 radical (unpaired) electrons. The smallest absolute Gasteiger partial charge is 0.169 e. The second kappa shape index (κ2) is 3.85. The third-order valence-electron chi connectivity index (χ3n) is 1.68. The maximum atomic E-state index is 5.41. The van der Waals surface area contributed by atoms with E-state index in [1.165, 1.54) is 0 Å². The summed E-state index contributed by atoms with van der Waals surface area (Å²) in [6, 6.07) is 3.74. The Labute approximate surface area is 89.1 Å². The number of pyridine rings is 1. The molecule has 0 spiro atoms. The molecule has 5 nitrogen and oxygen atoms in total. The zero-order chi connectivity index (χ0) is 9.97. The molecule has 0 saturated heterocycles. The molecule has 0 aliphatic carbocycles. The van der Waals surface area contributed by atoms with Crippen molar-refractivity contribution in [3.05, 3.63) is 35.0 Å². The lowest BCUT2D eigenvalue weighted by molar-refractivity contribution is 0.805. The van der Waals surface area contributed by atoms with Crippen molar-refractivity contribution in [1.29, 1.82) is 0 Å². The van der Waals surface area contributed by atoms with E-state index in [2.05, 4.69) is 31.0 Å². The maximum absolute atomic E-state index is 5.41. The van der Waals surface area contributed by atoms with E-state index in [0.29, 0.717) is 18.2 Å². The highest BCUT2D eigenvalue weighted by molar-refractivity contribution is 9.10. The molecule has 14 heavy (non-hydrogen) atoms. The van der Waals surface area contributed by atoms with Gasteiger partial charge in [-0.25, -0.2) is 14.6 Å². The Morgan fingerprint density at radius 3 is 2.93 bits per heavy atom. The van der Waals surface area contributed by atoms with Gasteiger partial charge in [0.25, 0.3) is 0 Å². The Morgan fingerprint density at radius 1 is 1.43 bits per heavy atom. The first kappa shape index (κ1) is 9.29. The van der Waals surface area contributed by atoms with Gasteiger partial charge in [0.1, 0.15) is 6.33 Å². The Hall–Kier alpha value is -1.27. The van der Waals surface area contributed by atoms with Crippen molar-refractivity contribution >= 4 is 15.9 Å². The predicted molar refractivity (Wildman–Crippen MR) is 54.7 cm³/mol. The Morgan fingerprint density at radius 2 is 2.29 bits per heavy atom. The van der Waals surface area contributed by atoms with Crippen LogP contribution in [0.3, 0.4) is 0 Å². The Balaban J connectivity index is 2.44. The second-order valence-electron chi connectivity index (χ2n) is 2.62. The van der Waals surface area contributed by atoms with Crippen LogP contribution in [0.25, 0.3) is 5.82 Å². The first-order chi connectivity index (χ1) is 6.81. The molecule has 0 bridgehead atoms. The lowest BCUT2D eigenvalue weighted by Crippen LogP contribution is -2.02. The van der Waals surface area contributed by atoms with Gasteiger partial charge in [-0.3, -0.25) is 0 Å². The van der Waals surface area contributed by atoms with E-state index in [4.69, 9.17) is 5.73 Å². The molecular weight excluding hydrogens is 246 g/mol. The standard InChI is InChI=1S/C8H8BrN5/c9-6-2-1-3-11-8(6)14-5-12-7(4-10)13-14/h1-3,5H,4,10H2. The van der Waals surface area contributed by atoms with Gasteiger partial charge in [-0.1, -0.05) is 0 Å². The first-order valence-corrected chi connectivity index (χ1v) is 4.82. The zero-order valence-corrected chi connectivity index (χ0v) is 8.85. The van der Waals surface area contributed by atoms with E-state index in [1.807, 2.05) is 12.1 Å². The molecular formula is C8H8BrN5. The molecule has 0 unspecified atom stereocenters. The van der Waals surface area contributed by atoms with Gasteiger partial charge in [0.15, 0.2) is 11.6 Å². The molecule has 0 amide bonds. The van der Waals surface area contributed by atoms with Crippen LogP contribution < -0.4 is 5.73 Å². The van der Waals surface area contributed by atoms with Gasteiger partial charge in [-0.2, -0.15) is 0 Å². The summed E-state index contributed by atoms with van der Waals surface area (Å²) in [5.74, 6) is 1.31. The molecule has 0 aliphatic heterocycles. The lowest BCUT2D eigenvalue weighted by atomic mass is 10.5. The summed E-state index contributed by atoms with van der Waals surface area (Å²) in [7, 11) is 0. The summed E-state index contributed by atoms with van der Waals surface area (Å²) in [6.45, 7) is 0.331. The molecule has 0 saturated carbocycles. The predicted octanol–water partition coefficient (Wildman–Crippen LogP) is 0.883. The van der Waals surface area contributed by atoms with E-state index in [0.717, 1.165) is 4.47 Å². The number of aromatic nitrogens is 4. The second-order valence-corrected chi connectivity index (χ2v) is 3.47. The van der Waals surface area contributed by atoms with E-state index < -0.39 is 0 Å². The molecule has 0 fully saturated rings. The third-order valence-corrected chi connectivity index (χ3v) is 2.30. The summed E-state index contributed by atoms with van der Waals surface area (Å²) >= 11 is 3.38. The van der Waals surface area contributed by atoms with Crippen molar-refractivity contribution in [2.45, 2.75) is 6.54 Å². The van der Waals surface area contributed by atoms with Gasteiger partial charge >= 0.3 is 0 Å². The highest BCUT2D eigenvalue weighted by Crippen LogP contribution is 2.16. The number of rotatable bonds is 2. The summed E-state index contributed by atoms with van der Waals surface area (Å²) < 4.78 is 2.46. The summed E-state index contributed by atoms with van der Waals surface area (Å²) in [5.41, 5.74) is 5.41. The molecule has 2 heterocycles. The Bertz CT molecular complexity index is 439. The van der Waals surface area contributed by atoms with E-state index in [9.17, 15) is 0 Å². The van der Waals surface area contributed by atoms with Crippen molar-refractivity contribution in [1.82, 2.24) is 19.7 Å². The molecule has 72 valence electrons.